The maximum Gasteiger partial charge on any atom is 0.410 e. The van der Waals surface area contributed by atoms with E-state index in [0.717, 1.165) is 17.4 Å². The molecule has 2 amide bonds. The van der Waals surface area contributed by atoms with Crippen LogP contribution in [0.5, 0.6) is 5.88 Å². The molecule has 10 nitrogen and oxygen atoms in total. The number of rotatable bonds is 5. The van der Waals surface area contributed by atoms with Gasteiger partial charge in [-0.2, -0.15) is 4.52 Å². The van der Waals surface area contributed by atoms with Gasteiger partial charge in [-0.15, -0.1) is 5.10 Å². The molecule has 2 aromatic heterocycles. The summed E-state index contributed by atoms with van der Waals surface area (Å²) in [4.78, 5) is 35.8. The highest BCUT2D eigenvalue weighted by molar-refractivity contribution is 5.96. The molecule has 0 unspecified atom stereocenters. The average Bonchev–Trinajstić information content (AvgIpc) is 3.20. The maximum absolute atomic E-state index is 12.6. The Bertz CT molecular complexity index is 909. The SMILES string of the molecule is CC(C)Cn1c(O)c(C(=O)NC2CC2)c(=O)n2nc(NC(=O)O)cc12. The lowest BCUT2D eigenvalue weighted by atomic mass is 10.2. The number of aromatic hydroxyl groups is 1. The number of carbonyl (C=O) groups is 2. The van der Waals surface area contributed by atoms with Crippen molar-refractivity contribution in [3.8, 4) is 5.88 Å². The summed E-state index contributed by atoms with van der Waals surface area (Å²) in [7, 11) is 0. The number of nitrogens with one attached hydrogen (secondary N) is 2. The van der Waals surface area contributed by atoms with Gasteiger partial charge in [-0.05, 0) is 18.8 Å². The number of hydrogen-bond acceptors (Lipinski definition) is 5. The Hall–Kier alpha value is -3.04. The number of carboxylic acid groups (broad SMARTS) is 1. The van der Waals surface area contributed by atoms with Crippen molar-refractivity contribution in [2.24, 2.45) is 5.92 Å². The van der Waals surface area contributed by atoms with Gasteiger partial charge in [0.25, 0.3) is 11.5 Å². The van der Waals surface area contributed by atoms with Crippen molar-refractivity contribution < 1.29 is 19.8 Å². The van der Waals surface area contributed by atoms with Crippen LogP contribution >= 0.6 is 0 Å². The molecular weight excluding hydrogens is 330 g/mol. The lowest BCUT2D eigenvalue weighted by Crippen LogP contribution is -2.34. The van der Waals surface area contributed by atoms with Gasteiger partial charge < -0.3 is 15.5 Å². The standard InChI is InChI=1S/C15H19N5O5/c1-7(2)6-19-10-5-9(17-15(24)25)18-20(10)14(23)11(13(19)22)12(21)16-8-3-4-8/h5,7-8,22H,3-4,6H2,1-2H3,(H,16,21)(H,17,18)(H,24,25). The van der Waals surface area contributed by atoms with Crippen LogP contribution in [0.2, 0.25) is 0 Å². The number of amides is 2. The van der Waals surface area contributed by atoms with E-state index in [1.807, 2.05) is 13.8 Å². The smallest absolute Gasteiger partial charge is 0.410 e. The normalized spacial score (nSPS) is 14.0. The monoisotopic (exact) mass is 349 g/mol. The zero-order chi connectivity index (χ0) is 18.3. The van der Waals surface area contributed by atoms with Crippen LogP contribution in [-0.4, -0.2) is 42.4 Å². The molecule has 3 rings (SSSR count). The van der Waals surface area contributed by atoms with Crippen molar-refractivity contribution in [3.05, 3.63) is 22.0 Å². The number of nitrogens with zero attached hydrogens (tertiary/aromatic N) is 3. The third-order valence-electron chi connectivity index (χ3n) is 3.77. The summed E-state index contributed by atoms with van der Waals surface area (Å²) in [6.07, 6.45) is 0.342. The number of fused-ring (bicyclic) bond motifs is 1. The molecular formula is C15H19N5O5. The fourth-order valence-corrected chi connectivity index (χ4v) is 2.56. The molecule has 0 aliphatic heterocycles. The molecule has 0 bridgehead atoms. The Morgan fingerprint density at radius 3 is 2.64 bits per heavy atom. The summed E-state index contributed by atoms with van der Waals surface area (Å²) in [5, 5.41) is 28.0. The minimum Gasteiger partial charge on any atom is -0.494 e. The van der Waals surface area contributed by atoms with Crippen molar-refractivity contribution in [1.29, 1.82) is 0 Å². The highest BCUT2D eigenvalue weighted by Crippen LogP contribution is 2.23. The Kier molecular flexibility index (Phi) is 4.11. The summed E-state index contributed by atoms with van der Waals surface area (Å²) in [5.74, 6) is -1.08. The molecule has 4 N–H and O–H groups in total. The number of carbonyl (C=O) groups excluding carboxylic acids is 1. The fourth-order valence-electron chi connectivity index (χ4n) is 2.56. The van der Waals surface area contributed by atoms with E-state index in [-0.39, 0.29) is 23.4 Å². The van der Waals surface area contributed by atoms with Gasteiger partial charge in [-0.3, -0.25) is 19.5 Å². The van der Waals surface area contributed by atoms with Crippen molar-refractivity contribution in [1.82, 2.24) is 19.5 Å². The van der Waals surface area contributed by atoms with Crippen LogP contribution in [0, 0.1) is 5.92 Å². The summed E-state index contributed by atoms with van der Waals surface area (Å²) in [6, 6.07) is 1.35. The van der Waals surface area contributed by atoms with Gasteiger partial charge in [0.15, 0.2) is 11.4 Å². The molecule has 0 radical (unpaired) electrons. The van der Waals surface area contributed by atoms with E-state index in [1.54, 1.807) is 0 Å². The van der Waals surface area contributed by atoms with Crippen LogP contribution in [0.1, 0.15) is 37.0 Å². The molecule has 10 heteroatoms. The molecule has 0 aromatic carbocycles. The highest BCUT2D eigenvalue weighted by atomic mass is 16.4. The largest absolute Gasteiger partial charge is 0.494 e. The first-order valence-electron chi connectivity index (χ1n) is 7.94. The van der Waals surface area contributed by atoms with Gasteiger partial charge in [0.1, 0.15) is 5.65 Å². The second-order valence-corrected chi connectivity index (χ2v) is 6.49. The second-order valence-electron chi connectivity index (χ2n) is 6.49. The van der Waals surface area contributed by atoms with E-state index in [0.29, 0.717) is 6.54 Å². The zero-order valence-electron chi connectivity index (χ0n) is 13.8. The van der Waals surface area contributed by atoms with Gasteiger partial charge in [-0.25, -0.2) is 4.79 Å². The topological polar surface area (TPSA) is 138 Å². The van der Waals surface area contributed by atoms with E-state index in [4.69, 9.17) is 5.11 Å². The summed E-state index contributed by atoms with van der Waals surface area (Å²) in [6.45, 7) is 4.13. The first-order valence-corrected chi connectivity index (χ1v) is 7.94. The minimum absolute atomic E-state index is 0.0161. The molecule has 1 fully saturated rings. The Balaban J connectivity index is 2.19. The lowest BCUT2D eigenvalue weighted by molar-refractivity contribution is 0.0944. The summed E-state index contributed by atoms with van der Waals surface area (Å²) < 4.78 is 2.31. The third-order valence-corrected chi connectivity index (χ3v) is 3.77. The molecule has 134 valence electrons. The summed E-state index contributed by atoms with van der Waals surface area (Å²) >= 11 is 0. The molecule has 0 spiro atoms. The predicted molar refractivity (Wildman–Crippen MR) is 88.1 cm³/mol. The maximum atomic E-state index is 12.6. The van der Waals surface area contributed by atoms with Crippen molar-refractivity contribution >= 4 is 23.5 Å². The third kappa shape index (κ3) is 3.28. The van der Waals surface area contributed by atoms with E-state index < -0.39 is 29.0 Å². The van der Waals surface area contributed by atoms with Crippen molar-refractivity contribution in [3.63, 3.8) is 0 Å². The first kappa shape index (κ1) is 16.8. The molecule has 1 aliphatic rings. The van der Waals surface area contributed by atoms with E-state index in [1.165, 1.54) is 10.6 Å². The van der Waals surface area contributed by atoms with Crippen LogP contribution in [0.25, 0.3) is 5.65 Å². The summed E-state index contributed by atoms with van der Waals surface area (Å²) in [5.41, 5.74) is -1.00. The van der Waals surface area contributed by atoms with Crippen molar-refractivity contribution in [2.45, 2.75) is 39.3 Å². The Labute approximate surface area is 142 Å². The predicted octanol–water partition coefficient (Wildman–Crippen LogP) is 0.840. The minimum atomic E-state index is -1.33. The van der Waals surface area contributed by atoms with Crippen LogP contribution in [-0.2, 0) is 6.54 Å². The van der Waals surface area contributed by atoms with E-state index in [9.17, 15) is 19.5 Å². The Morgan fingerprint density at radius 2 is 2.08 bits per heavy atom. The van der Waals surface area contributed by atoms with Crippen LogP contribution in [0.15, 0.2) is 10.9 Å². The lowest BCUT2D eigenvalue weighted by Gasteiger charge is -2.16. The van der Waals surface area contributed by atoms with Crippen molar-refractivity contribution in [2.75, 3.05) is 5.32 Å². The molecule has 2 heterocycles. The van der Waals surface area contributed by atoms with Gasteiger partial charge in [-0.1, -0.05) is 13.8 Å². The molecule has 0 saturated heterocycles. The first-order chi connectivity index (χ1) is 11.8. The average molecular weight is 349 g/mol. The number of anilines is 1. The molecule has 1 aliphatic carbocycles. The number of aromatic nitrogens is 3. The van der Waals surface area contributed by atoms with Gasteiger partial charge in [0.05, 0.1) is 0 Å². The van der Waals surface area contributed by atoms with Gasteiger partial charge in [0.2, 0.25) is 5.88 Å². The molecule has 1 saturated carbocycles. The fraction of sp³-hybridized carbons (Fsp3) is 0.467. The second kappa shape index (κ2) is 6.11. The van der Waals surface area contributed by atoms with Crippen LogP contribution < -0.4 is 16.2 Å². The molecule has 2 aromatic rings. The van der Waals surface area contributed by atoms with E-state index in [2.05, 4.69) is 15.7 Å². The number of hydrogen-bond donors (Lipinski definition) is 4. The van der Waals surface area contributed by atoms with Crippen LogP contribution in [0.3, 0.4) is 0 Å². The van der Waals surface area contributed by atoms with E-state index >= 15 is 0 Å². The zero-order valence-corrected chi connectivity index (χ0v) is 13.8. The van der Waals surface area contributed by atoms with Gasteiger partial charge in [0, 0.05) is 18.7 Å². The molecule has 0 atom stereocenters. The van der Waals surface area contributed by atoms with Crippen LogP contribution in [0.4, 0.5) is 10.6 Å². The quantitative estimate of drug-likeness (QED) is 0.631. The Morgan fingerprint density at radius 1 is 1.40 bits per heavy atom. The highest BCUT2D eigenvalue weighted by Gasteiger charge is 2.29. The van der Waals surface area contributed by atoms with Gasteiger partial charge >= 0.3 is 6.09 Å². The molecule has 25 heavy (non-hydrogen) atoms.